The van der Waals surface area contributed by atoms with Gasteiger partial charge in [0.05, 0.1) is 26.5 Å². The molecule has 1 aromatic carbocycles. The van der Waals surface area contributed by atoms with Gasteiger partial charge in [-0.3, -0.25) is 14.2 Å². The van der Waals surface area contributed by atoms with Crippen LogP contribution in [0.3, 0.4) is 0 Å². The number of nitrogens with one attached hydrogen (secondary N) is 2. The van der Waals surface area contributed by atoms with E-state index in [1.807, 2.05) is 0 Å². The van der Waals surface area contributed by atoms with Crippen LogP contribution in [0.5, 0.6) is 11.5 Å². The second-order valence-corrected chi connectivity index (χ2v) is 5.76. The van der Waals surface area contributed by atoms with Crippen molar-refractivity contribution < 1.29 is 18.7 Å². The van der Waals surface area contributed by atoms with Crippen LogP contribution >= 0.6 is 0 Å². The lowest BCUT2D eigenvalue weighted by atomic mass is 10.3. The van der Waals surface area contributed by atoms with E-state index < -0.39 is 17.2 Å². The molecule has 146 valence electrons. The third-order valence-electron chi connectivity index (χ3n) is 3.92. The maximum absolute atomic E-state index is 12.5. The van der Waals surface area contributed by atoms with E-state index in [0.717, 1.165) is 10.8 Å². The molecular weight excluding hydrogens is 366 g/mol. The Bertz CT molecular complexity index is 1030. The molecule has 0 atom stereocenters. The molecule has 2 heterocycles. The number of rotatable bonds is 8. The summed E-state index contributed by atoms with van der Waals surface area (Å²) in [6.07, 6.45) is 2.54. The Morgan fingerprint density at radius 3 is 2.61 bits per heavy atom. The number of amides is 1. The molecule has 0 fully saturated rings. The second-order valence-electron chi connectivity index (χ2n) is 5.76. The molecule has 0 saturated heterocycles. The Morgan fingerprint density at radius 1 is 1.18 bits per heavy atom. The number of hydrogen-bond acceptors (Lipinski definition) is 6. The molecule has 0 aliphatic carbocycles. The number of hydrogen-bond donors (Lipinski definition) is 2. The van der Waals surface area contributed by atoms with Gasteiger partial charge in [0.1, 0.15) is 29.4 Å². The topological polar surface area (TPSA) is 116 Å². The van der Waals surface area contributed by atoms with Crippen LogP contribution in [0.15, 0.2) is 62.9 Å². The minimum Gasteiger partial charge on any atom is -0.497 e. The lowest BCUT2D eigenvalue weighted by Gasteiger charge is -2.09. The highest BCUT2D eigenvalue weighted by molar-refractivity contribution is 5.93. The Kier molecular flexibility index (Phi) is 5.95. The molecule has 0 aliphatic rings. The van der Waals surface area contributed by atoms with Crippen LogP contribution in [0, 0.1) is 0 Å². The Labute approximate surface area is 159 Å². The summed E-state index contributed by atoms with van der Waals surface area (Å²) >= 11 is 0. The summed E-state index contributed by atoms with van der Waals surface area (Å²) in [4.78, 5) is 39.1. The van der Waals surface area contributed by atoms with Crippen molar-refractivity contribution >= 4 is 5.91 Å². The van der Waals surface area contributed by atoms with Crippen molar-refractivity contribution in [3.8, 4) is 11.5 Å². The molecule has 0 spiro atoms. The zero-order valence-corrected chi connectivity index (χ0v) is 15.1. The van der Waals surface area contributed by atoms with Crippen molar-refractivity contribution in [1.82, 2.24) is 14.9 Å². The molecule has 3 rings (SSSR count). The highest BCUT2D eigenvalue weighted by atomic mass is 16.5. The summed E-state index contributed by atoms with van der Waals surface area (Å²) in [5.41, 5.74) is -1.50. The fourth-order valence-electron chi connectivity index (χ4n) is 2.48. The smallest absolute Gasteiger partial charge is 0.328 e. The van der Waals surface area contributed by atoms with Gasteiger partial charge >= 0.3 is 5.69 Å². The number of furan rings is 1. The van der Waals surface area contributed by atoms with Crippen molar-refractivity contribution in [2.75, 3.05) is 20.3 Å². The van der Waals surface area contributed by atoms with E-state index in [4.69, 9.17) is 13.9 Å². The number of methoxy groups -OCH3 is 1. The third kappa shape index (κ3) is 4.50. The van der Waals surface area contributed by atoms with Crippen LogP contribution in [-0.4, -0.2) is 35.7 Å². The first kappa shape index (κ1) is 19.0. The number of nitrogens with zero attached hydrogens (tertiary/aromatic N) is 1. The van der Waals surface area contributed by atoms with Gasteiger partial charge in [-0.25, -0.2) is 4.79 Å². The molecule has 0 radical (unpaired) electrons. The first-order valence-corrected chi connectivity index (χ1v) is 8.48. The number of aromatic nitrogens is 2. The van der Waals surface area contributed by atoms with Gasteiger partial charge in [0.2, 0.25) is 0 Å². The quantitative estimate of drug-likeness (QED) is 0.559. The van der Waals surface area contributed by atoms with Crippen molar-refractivity contribution in [1.29, 1.82) is 0 Å². The molecule has 28 heavy (non-hydrogen) atoms. The van der Waals surface area contributed by atoms with Gasteiger partial charge in [0.25, 0.3) is 11.5 Å². The van der Waals surface area contributed by atoms with Crippen molar-refractivity contribution in [2.24, 2.45) is 0 Å². The van der Waals surface area contributed by atoms with Gasteiger partial charge in [-0.1, -0.05) is 0 Å². The summed E-state index contributed by atoms with van der Waals surface area (Å²) in [6.45, 7) is 0.326. The maximum Gasteiger partial charge on any atom is 0.328 e. The number of carbonyl (C=O) groups excluding carboxylic acids is 1. The third-order valence-corrected chi connectivity index (χ3v) is 3.92. The Morgan fingerprint density at radius 2 is 1.93 bits per heavy atom. The normalized spacial score (nSPS) is 10.5. The fraction of sp³-hybridized carbons (Fsp3) is 0.211. The van der Waals surface area contributed by atoms with Crippen molar-refractivity contribution in [3.05, 3.63) is 81.0 Å². The lowest BCUT2D eigenvalue weighted by molar-refractivity contribution is 0.0944. The molecule has 9 nitrogen and oxygen atoms in total. The summed E-state index contributed by atoms with van der Waals surface area (Å²) in [6, 6.07) is 10.3. The van der Waals surface area contributed by atoms with E-state index in [-0.39, 0.29) is 25.3 Å². The van der Waals surface area contributed by atoms with E-state index in [2.05, 4.69) is 10.3 Å². The van der Waals surface area contributed by atoms with Gasteiger partial charge in [-0.05, 0) is 36.4 Å². The largest absolute Gasteiger partial charge is 0.497 e. The Balaban J connectivity index is 1.59. The van der Waals surface area contributed by atoms with Crippen molar-refractivity contribution in [3.63, 3.8) is 0 Å². The zero-order chi connectivity index (χ0) is 19.9. The predicted molar refractivity (Wildman–Crippen MR) is 100.0 cm³/mol. The summed E-state index contributed by atoms with van der Waals surface area (Å²) in [5, 5.41) is 2.59. The average molecular weight is 385 g/mol. The number of benzene rings is 1. The van der Waals surface area contributed by atoms with Crippen LogP contribution in [-0.2, 0) is 6.54 Å². The summed E-state index contributed by atoms with van der Waals surface area (Å²) in [7, 11) is 1.57. The molecule has 3 aromatic rings. The highest BCUT2D eigenvalue weighted by Gasteiger charge is 2.15. The first-order valence-electron chi connectivity index (χ1n) is 8.48. The first-order chi connectivity index (χ1) is 13.6. The van der Waals surface area contributed by atoms with Gasteiger partial charge in [0, 0.05) is 6.20 Å². The molecule has 9 heteroatoms. The zero-order valence-electron chi connectivity index (χ0n) is 15.1. The number of carbonyl (C=O) groups is 1. The molecule has 2 aromatic heterocycles. The highest BCUT2D eigenvalue weighted by Crippen LogP contribution is 2.16. The van der Waals surface area contributed by atoms with Crippen LogP contribution in [0.2, 0.25) is 0 Å². The molecule has 0 unspecified atom stereocenters. The number of aromatic amines is 1. The van der Waals surface area contributed by atoms with Crippen molar-refractivity contribution in [2.45, 2.75) is 6.54 Å². The van der Waals surface area contributed by atoms with E-state index >= 15 is 0 Å². The minimum atomic E-state index is -0.700. The number of ether oxygens (including phenoxy) is 2. The lowest BCUT2D eigenvalue weighted by Crippen LogP contribution is -2.41. The monoisotopic (exact) mass is 385 g/mol. The molecule has 0 bridgehead atoms. The summed E-state index contributed by atoms with van der Waals surface area (Å²) < 4.78 is 16.6. The van der Waals surface area contributed by atoms with Gasteiger partial charge < -0.3 is 24.2 Å². The van der Waals surface area contributed by atoms with E-state index in [1.165, 1.54) is 6.26 Å². The average Bonchev–Trinajstić information content (AvgIpc) is 3.22. The van der Waals surface area contributed by atoms with Crippen LogP contribution in [0.1, 0.15) is 16.1 Å². The fourth-order valence-corrected chi connectivity index (χ4v) is 2.48. The van der Waals surface area contributed by atoms with Crippen LogP contribution in [0.4, 0.5) is 0 Å². The standard InChI is InChI=1S/C19H19N3O6/c1-26-13-4-6-14(7-5-13)28-10-8-20-17(23)16-11-21-19(25)22(18(16)24)12-15-3-2-9-27-15/h2-7,9,11H,8,10,12H2,1H3,(H,20,23)(H,21,25). The van der Waals surface area contributed by atoms with E-state index in [0.29, 0.717) is 17.3 Å². The van der Waals surface area contributed by atoms with Crippen LogP contribution < -0.4 is 26.0 Å². The molecule has 2 N–H and O–H groups in total. The van der Waals surface area contributed by atoms with Gasteiger partial charge in [0.15, 0.2) is 0 Å². The number of H-pyrrole nitrogens is 1. The predicted octanol–water partition coefficient (Wildman–Crippen LogP) is 0.995. The van der Waals surface area contributed by atoms with E-state index in [9.17, 15) is 14.4 Å². The second kappa shape index (κ2) is 8.76. The SMILES string of the molecule is COc1ccc(OCCNC(=O)c2c[nH]c(=O)n(Cc3ccco3)c2=O)cc1. The molecule has 1 amide bonds. The Hall–Kier alpha value is -3.75. The molecule has 0 aliphatic heterocycles. The minimum absolute atomic E-state index is 0.0666. The molecular formula is C19H19N3O6. The van der Waals surface area contributed by atoms with Gasteiger partial charge in [-0.2, -0.15) is 0 Å². The van der Waals surface area contributed by atoms with Crippen LogP contribution in [0.25, 0.3) is 0 Å². The molecule has 0 saturated carbocycles. The van der Waals surface area contributed by atoms with E-state index in [1.54, 1.807) is 43.5 Å². The maximum atomic E-state index is 12.5. The van der Waals surface area contributed by atoms with Gasteiger partial charge in [-0.15, -0.1) is 0 Å². The summed E-state index contributed by atoms with van der Waals surface area (Å²) in [5.74, 6) is 1.16.